The van der Waals surface area contributed by atoms with E-state index in [0.29, 0.717) is 37.9 Å². The molecule has 0 spiro atoms. The van der Waals surface area contributed by atoms with Gasteiger partial charge in [-0.25, -0.2) is 0 Å². The van der Waals surface area contributed by atoms with Crippen LogP contribution in [0.5, 0.6) is 0 Å². The Hall–Kier alpha value is -1.14. The molecule has 6 nitrogen and oxygen atoms in total. The Kier molecular flexibility index (Phi) is 38.4. The number of esters is 2. The van der Waals surface area contributed by atoms with Crippen LogP contribution >= 0.6 is 0 Å². The fourth-order valence-corrected chi connectivity index (χ4v) is 8.52. The fraction of sp³-hybridized carbons (Fsp3) is 0.960. The molecular formula is C50H98N2O4. The number of likely N-dealkylation sites (tertiary alicyclic amines) is 1. The van der Waals surface area contributed by atoms with E-state index >= 15 is 0 Å². The lowest BCUT2D eigenvalue weighted by Crippen LogP contribution is -2.35. The second-order valence-corrected chi connectivity index (χ2v) is 17.9. The highest BCUT2D eigenvalue weighted by Crippen LogP contribution is 2.22. The summed E-state index contributed by atoms with van der Waals surface area (Å²) in [5.41, 5.74) is 0. The average Bonchev–Trinajstić information content (AvgIpc) is 3.73. The number of hydrogen-bond acceptors (Lipinski definition) is 6. The van der Waals surface area contributed by atoms with E-state index in [9.17, 15) is 9.59 Å². The predicted molar refractivity (Wildman–Crippen MR) is 241 cm³/mol. The van der Waals surface area contributed by atoms with Crippen LogP contribution < -0.4 is 0 Å². The predicted octanol–water partition coefficient (Wildman–Crippen LogP) is 14.3. The van der Waals surface area contributed by atoms with Gasteiger partial charge in [-0.1, -0.05) is 169 Å². The third kappa shape index (κ3) is 33.8. The van der Waals surface area contributed by atoms with Crippen molar-refractivity contribution in [1.82, 2.24) is 9.80 Å². The Morgan fingerprint density at radius 3 is 1.18 bits per heavy atom. The maximum absolute atomic E-state index is 12.7. The molecule has 56 heavy (non-hydrogen) atoms. The maximum Gasteiger partial charge on any atom is 0.305 e. The van der Waals surface area contributed by atoms with Gasteiger partial charge in [0.05, 0.1) is 13.2 Å². The lowest BCUT2D eigenvalue weighted by molar-refractivity contribution is -0.146. The normalized spacial score (nSPS) is 14.4. The number of carbonyl (C=O) groups excluding carboxylic acids is 2. The van der Waals surface area contributed by atoms with Gasteiger partial charge in [-0.05, 0) is 102 Å². The van der Waals surface area contributed by atoms with Crippen LogP contribution in [0.3, 0.4) is 0 Å². The van der Waals surface area contributed by atoms with E-state index in [-0.39, 0.29) is 11.9 Å². The van der Waals surface area contributed by atoms with Gasteiger partial charge in [0.15, 0.2) is 0 Å². The van der Waals surface area contributed by atoms with Crippen LogP contribution in [0.25, 0.3) is 0 Å². The summed E-state index contributed by atoms with van der Waals surface area (Å²) in [7, 11) is 0. The van der Waals surface area contributed by atoms with Crippen molar-refractivity contribution in [2.24, 2.45) is 11.8 Å². The summed E-state index contributed by atoms with van der Waals surface area (Å²) in [6, 6.07) is 0. The molecule has 0 amide bonds. The zero-order valence-electron chi connectivity index (χ0n) is 38.4. The quantitative estimate of drug-likeness (QED) is 0.0453. The van der Waals surface area contributed by atoms with Gasteiger partial charge in [-0.15, -0.1) is 0 Å². The van der Waals surface area contributed by atoms with Gasteiger partial charge in [0.25, 0.3) is 0 Å². The van der Waals surface area contributed by atoms with Gasteiger partial charge >= 0.3 is 11.9 Å². The topological polar surface area (TPSA) is 59.1 Å². The van der Waals surface area contributed by atoms with Crippen molar-refractivity contribution in [1.29, 1.82) is 0 Å². The molecule has 1 fully saturated rings. The van der Waals surface area contributed by atoms with Crippen LogP contribution in [-0.2, 0) is 19.1 Å². The van der Waals surface area contributed by atoms with E-state index in [4.69, 9.17) is 9.47 Å². The number of carbonyl (C=O) groups is 2. The minimum Gasteiger partial charge on any atom is -0.465 e. The largest absolute Gasteiger partial charge is 0.465 e. The zero-order valence-corrected chi connectivity index (χ0v) is 38.4. The van der Waals surface area contributed by atoms with Crippen molar-refractivity contribution in [2.45, 2.75) is 246 Å². The molecule has 0 aromatic carbocycles. The molecule has 2 unspecified atom stereocenters. The lowest BCUT2D eigenvalue weighted by atomic mass is 9.95. The fourth-order valence-electron chi connectivity index (χ4n) is 8.52. The summed E-state index contributed by atoms with van der Waals surface area (Å²) in [5, 5.41) is 0. The van der Waals surface area contributed by atoms with Crippen molar-refractivity contribution in [2.75, 3.05) is 52.5 Å². The van der Waals surface area contributed by atoms with E-state index in [1.807, 2.05) is 0 Å². The van der Waals surface area contributed by atoms with E-state index in [1.54, 1.807) is 0 Å². The Morgan fingerprint density at radius 2 is 0.786 bits per heavy atom. The molecule has 2 atom stereocenters. The SMILES string of the molecule is CCCCCCCCC(CCCCCC)COC(=O)CCCCCN(CCCCCC(=O)OCC(CCCCCC)CCCCCCCC)CCN1CCCC1. The Bertz CT molecular complexity index is 789. The van der Waals surface area contributed by atoms with Crippen molar-refractivity contribution in [3.05, 3.63) is 0 Å². The minimum atomic E-state index is 0.0104. The van der Waals surface area contributed by atoms with Gasteiger partial charge in [0.2, 0.25) is 0 Å². The molecule has 0 aromatic heterocycles. The lowest BCUT2D eigenvalue weighted by Gasteiger charge is -2.25. The molecule has 0 bridgehead atoms. The standard InChI is InChI=1S/C50H98N2O4/c1-5-9-13-17-19-25-35-47(33-23-15-11-7-3)45-55-49(53)37-27-21-29-39-51(43-44-52-41-31-32-42-52)40-30-22-28-38-50(54)56-46-48(34-24-16-12-8-4)36-26-20-18-14-10-6-2/h47-48H,5-46H2,1-4H3. The summed E-state index contributed by atoms with van der Waals surface area (Å²) in [6.07, 6.45) is 41.2. The van der Waals surface area contributed by atoms with Crippen LogP contribution in [0.2, 0.25) is 0 Å². The summed E-state index contributed by atoms with van der Waals surface area (Å²) in [4.78, 5) is 30.7. The molecule has 1 heterocycles. The first-order valence-corrected chi connectivity index (χ1v) is 25.3. The first-order valence-electron chi connectivity index (χ1n) is 25.3. The molecular weight excluding hydrogens is 693 g/mol. The van der Waals surface area contributed by atoms with Gasteiger partial charge in [-0.3, -0.25) is 9.59 Å². The Balaban J connectivity index is 2.36. The summed E-state index contributed by atoms with van der Waals surface area (Å²) in [6.45, 7) is 17.3. The molecule has 0 aliphatic carbocycles. The number of unbranched alkanes of at least 4 members (excludes halogenated alkanes) is 20. The van der Waals surface area contributed by atoms with E-state index in [0.717, 1.165) is 64.7 Å². The van der Waals surface area contributed by atoms with Gasteiger partial charge < -0.3 is 19.3 Å². The molecule has 332 valence electrons. The number of rotatable bonds is 43. The third-order valence-corrected chi connectivity index (χ3v) is 12.5. The smallest absolute Gasteiger partial charge is 0.305 e. The summed E-state index contributed by atoms with van der Waals surface area (Å²) < 4.78 is 11.7. The second-order valence-electron chi connectivity index (χ2n) is 17.9. The van der Waals surface area contributed by atoms with Crippen molar-refractivity contribution >= 4 is 11.9 Å². The number of nitrogens with zero attached hydrogens (tertiary/aromatic N) is 2. The highest BCUT2D eigenvalue weighted by Gasteiger charge is 2.16. The first kappa shape index (κ1) is 52.9. The molecule has 1 aliphatic rings. The monoisotopic (exact) mass is 791 g/mol. The summed E-state index contributed by atoms with van der Waals surface area (Å²) >= 11 is 0. The number of ether oxygens (including phenoxy) is 2. The third-order valence-electron chi connectivity index (χ3n) is 12.5. The average molecular weight is 791 g/mol. The van der Waals surface area contributed by atoms with Crippen molar-refractivity contribution in [3.8, 4) is 0 Å². The maximum atomic E-state index is 12.7. The van der Waals surface area contributed by atoms with Crippen LogP contribution in [0, 0.1) is 11.8 Å². The Morgan fingerprint density at radius 1 is 0.446 bits per heavy atom. The second kappa shape index (κ2) is 40.6. The summed E-state index contributed by atoms with van der Waals surface area (Å²) in [5.74, 6) is 1.09. The molecule has 0 aromatic rings. The van der Waals surface area contributed by atoms with E-state index < -0.39 is 0 Å². The van der Waals surface area contributed by atoms with Crippen LogP contribution in [-0.4, -0.2) is 74.2 Å². The molecule has 0 saturated carbocycles. The Labute approximate surface area is 350 Å². The molecule has 1 aliphatic heterocycles. The number of hydrogen-bond donors (Lipinski definition) is 0. The molecule has 0 radical (unpaired) electrons. The molecule has 1 saturated heterocycles. The van der Waals surface area contributed by atoms with Gasteiger partial charge in [-0.2, -0.15) is 0 Å². The highest BCUT2D eigenvalue weighted by molar-refractivity contribution is 5.69. The van der Waals surface area contributed by atoms with E-state index in [2.05, 4.69) is 37.5 Å². The highest BCUT2D eigenvalue weighted by atomic mass is 16.5. The molecule has 6 heteroatoms. The minimum absolute atomic E-state index is 0.0104. The molecule has 1 rings (SSSR count). The van der Waals surface area contributed by atoms with Gasteiger partial charge in [0, 0.05) is 25.9 Å². The first-order chi connectivity index (χ1) is 27.5. The van der Waals surface area contributed by atoms with Crippen molar-refractivity contribution < 1.29 is 19.1 Å². The van der Waals surface area contributed by atoms with E-state index in [1.165, 1.54) is 180 Å². The van der Waals surface area contributed by atoms with Crippen LogP contribution in [0.15, 0.2) is 0 Å². The van der Waals surface area contributed by atoms with Gasteiger partial charge in [0.1, 0.15) is 0 Å². The van der Waals surface area contributed by atoms with Crippen molar-refractivity contribution in [3.63, 3.8) is 0 Å². The molecule has 0 N–H and O–H groups in total. The zero-order chi connectivity index (χ0) is 40.6. The van der Waals surface area contributed by atoms with Crippen LogP contribution in [0.4, 0.5) is 0 Å². The van der Waals surface area contributed by atoms with Crippen LogP contribution in [0.1, 0.15) is 246 Å².